The minimum absolute atomic E-state index is 0.0150. The molecule has 1 aliphatic rings. The second-order valence-corrected chi connectivity index (χ2v) is 6.97. The number of nitrogens with zero attached hydrogens (tertiary/aromatic N) is 3. The van der Waals surface area contributed by atoms with Crippen molar-refractivity contribution in [3.8, 4) is 5.75 Å². The van der Waals surface area contributed by atoms with E-state index in [4.69, 9.17) is 9.47 Å². The Labute approximate surface area is 157 Å². The summed E-state index contributed by atoms with van der Waals surface area (Å²) >= 11 is 1.33. The first-order valence-corrected chi connectivity index (χ1v) is 9.12. The third-order valence-corrected chi connectivity index (χ3v) is 5.36. The SMILES string of the molecule is Cn1c(SCc2cc([N+](=O)[O-])cc3c2OCOC3)nc2ccccc2c1=O. The van der Waals surface area contributed by atoms with Crippen LogP contribution in [0.1, 0.15) is 11.1 Å². The summed E-state index contributed by atoms with van der Waals surface area (Å²) in [6.45, 7) is 0.372. The van der Waals surface area contributed by atoms with E-state index in [0.717, 1.165) is 0 Å². The van der Waals surface area contributed by atoms with Gasteiger partial charge in [-0.3, -0.25) is 19.5 Å². The summed E-state index contributed by atoms with van der Waals surface area (Å²) in [5.41, 5.74) is 1.79. The van der Waals surface area contributed by atoms with Crippen LogP contribution in [0.5, 0.6) is 5.75 Å². The molecule has 0 saturated carbocycles. The van der Waals surface area contributed by atoms with Gasteiger partial charge in [0.2, 0.25) is 0 Å². The van der Waals surface area contributed by atoms with E-state index in [9.17, 15) is 14.9 Å². The van der Waals surface area contributed by atoms with Gasteiger partial charge < -0.3 is 9.47 Å². The first-order chi connectivity index (χ1) is 13.0. The quantitative estimate of drug-likeness (QED) is 0.295. The smallest absolute Gasteiger partial charge is 0.270 e. The van der Waals surface area contributed by atoms with E-state index in [1.165, 1.54) is 28.5 Å². The Kier molecular flexibility index (Phi) is 4.54. The van der Waals surface area contributed by atoms with E-state index in [0.29, 0.717) is 38.7 Å². The Bertz CT molecular complexity index is 1110. The molecular formula is C18H15N3O5S. The van der Waals surface area contributed by atoms with Gasteiger partial charge in [-0.05, 0) is 12.1 Å². The van der Waals surface area contributed by atoms with E-state index in [1.807, 2.05) is 6.07 Å². The molecule has 3 aromatic rings. The van der Waals surface area contributed by atoms with Crippen molar-refractivity contribution in [1.82, 2.24) is 9.55 Å². The molecule has 2 heterocycles. The zero-order valence-corrected chi connectivity index (χ0v) is 15.2. The van der Waals surface area contributed by atoms with Gasteiger partial charge in [0, 0.05) is 36.1 Å². The zero-order chi connectivity index (χ0) is 19.0. The second kappa shape index (κ2) is 7.01. The molecule has 2 aromatic carbocycles. The molecule has 8 nitrogen and oxygen atoms in total. The summed E-state index contributed by atoms with van der Waals surface area (Å²) in [6.07, 6.45) is 0. The molecule has 0 saturated heterocycles. The summed E-state index contributed by atoms with van der Waals surface area (Å²) in [5, 5.41) is 12.3. The van der Waals surface area contributed by atoms with Crippen molar-refractivity contribution >= 4 is 28.4 Å². The third kappa shape index (κ3) is 3.26. The van der Waals surface area contributed by atoms with E-state index >= 15 is 0 Å². The van der Waals surface area contributed by atoms with Crippen LogP contribution >= 0.6 is 11.8 Å². The van der Waals surface area contributed by atoms with Crippen LogP contribution in [0, 0.1) is 10.1 Å². The number of thioether (sulfide) groups is 1. The topological polar surface area (TPSA) is 96.5 Å². The molecule has 9 heteroatoms. The third-order valence-electron chi connectivity index (χ3n) is 4.28. The van der Waals surface area contributed by atoms with Gasteiger partial charge >= 0.3 is 0 Å². The molecule has 1 aliphatic heterocycles. The highest BCUT2D eigenvalue weighted by Gasteiger charge is 2.21. The normalized spacial score (nSPS) is 13.2. The highest BCUT2D eigenvalue weighted by atomic mass is 32.2. The molecule has 138 valence electrons. The van der Waals surface area contributed by atoms with Crippen LogP contribution in [0.3, 0.4) is 0 Å². The van der Waals surface area contributed by atoms with E-state index < -0.39 is 4.92 Å². The van der Waals surface area contributed by atoms with Crippen molar-refractivity contribution in [2.45, 2.75) is 17.5 Å². The average Bonchev–Trinajstić information content (AvgIpc) is 2.69. The number of hydrogen-bond acceptors (Lipinski definition) is 7. The maximum Gasteiger partial charge on any atom is 0.270 e. The van der Waals surface area contributed by atoms with Gasteiger partial charge in [0.05, 0.1) is 22.4 Å². The lowest BCUT2D eigenvalue weighted by atomic mass is 10.1. The molecule has 0 spiro atoms. The maximum atomic E-state index is 12.5. The number of hydrogen-bond donors (Lipinski definition) is 0. The summed E-state index contributed by atoms with van der Waals surface area (Å²) in [4.78, 5) is 27.8. The Morgan fingerprint density at radius 1 is 1.33 bits per heavy atom. The van der Waals surface area contributed by atoms with Crippen molar-refractivity contribution in [3.63, 3.8) is 0 Å². The first-order valence-electron chi connectivity index (χ1n) is 8.14. The van der Waals surface area contributed by atoms with E-state index in [-0.39, 0.29) is 24.6 Å². The minimum Gasteiger partial charge on any atom is -0.467 e. The standard InChI is InChI=1S/C18H15N3O5S/c1-20-17(22)14-4-2-3-5-15(14)19-18(20)27-9-12-7-13(21(23)24)6-11-8-25-10-26-16(11)12/h2-7H,8-10H2,1H3. The van der Waals surface area contributed by atoms with Crippen molar-refractivity contribution < 1.29 is 14.4 Å². The molecule has 0 amide bonds. The molecule has 0 radical (unpaired) electrons. The molecule has 0 aliphatic carbocycles. The Morgan fingerprint density at radius 2 is 2.15 bits per heavy atom. The highest BCUT2D eigenvalue weighted by molar-refractivity contribution is 7.98. The molecule has 27 heavy (non-hydrogen) atoms. The zero-order valence-electron chi connectivity index (χ0n) is 14.4. The summed E-state index contributed by atoms with van der Waals surface area (Å²) < 4.78 is 12.3. The number of rotatable bonds is 4. The fraction of sp³-hybridized carbons (Fsp3) is 0.222. The number of nitro groups is 1. The summed E-state index contributed by atoms with van der Waals surface area (Å²) in [6, 6.07) is 10.1. The fourth-order valence-electron chi connectivity index (χ4n) is 2.96. The van der Waals surface area contributed by atoms with Gasteiger partial charge in [-0.1, -0.05) is 23.9 Å². The number of nitro benzene ring substituents is 1. The number of para-hydroxylation sites is 1. The van der Waals surface area contributed by atoms with Crippen LogP contribution < -0.4 is 10.3 Å². The molecule has 0 atom stereocenters. The van der Waals surface area contributed by atoms with Gasteiger partial charge in [-0.15, -0.1) is 0 Å². The van der Waals surface area contributed by atoms with Crippen LogP contribution in [-0.2, 0) is 24.1 Å². The number of aromatic nitrogens is 2. The molecule has 0 fully saturated rings. The van der Waals surface area contributed by atoms with Crippen molar-refractivity contribution in [2.24, 2.45) is 7.05 Å². The van der Waals surface area contributed by atoms with Crippen LogP contribution in [-0.4, -0.2) is 21.3 Å². The Morgan fingerprint density at radius 3 is 2.96 bits per heavy atom. The van der Waals surface area contributed by atoms with Crippen LogP contribution in [0.2, 0.25) is 0 Å². The number of fused-ring (bicyclic) bond motifs is 2. The fourth-order valence-corrected chi connectivity index (χ4v) is 3.90. The monoisotopic (exact) mass is 385 g/mol. The molecule has 0 bridgehead atoms. The van der Waals surface area contributed by atoms with Gasteiger partial charge in [0.25, 0.3) is 11.2 Å². The van der Waals surface area contributed by atoms with Crippen LogP contribution in [0.25, 0.3) is 10.9 Å². The Hall–Kier alpha value is -2.91. The summed E-state index contributed by atoms with van der Waals surface area (Å²) in [5.74, 6) is 0.980. The van der Waals surface area contributed by atoms with Gasteiger partial charge in [-0.2, -0.15) is 0 Å². The lowest BCUT2D eigenvalue weighted by Crippen LogP contribution is -2.20. The summed E-state index contributed by atoms with van der Waals surface area (Å²) in [7, 11) is 1.66. The van der Waals surface area contributed by atoms with Crippen molar-refractivity contribution in [2.75, 3.05) is 6.79 Å². The highest BCUT2D eigenvalue weighted by Crippen LogP contribution is 2.35. The lowest BCUT2D eigenvalue weighted by Gasteiger charge is -2.20. The largest absolute Gasteiger partial charge is 0.467 e. The maximum absolute atomic E-state index is 12.5. The van der Waals surface area contributed by atoms with Crippen molar-refractivity contribution in [3.05, 3.63) is 68.0 Å². The second-order valence-electron chi connectivity index (χ2n) is 6.03. The average molecular weight is 385 g/mol. The van der Waals surface area contributed by atoms with E-state index in [2.05, 4.69) is 4.98 Å². The first kappa shape index (κ1) is 17.5. The minimum atomic E-state index is -0.437. The molecule has 0 N–H and O–H groups in total. The lowest BCUT2D eigenvalue weighted by molar-refractivity contribution is -0.385. The van der Waals surface area contributed by atoms with Gasteiger partial charge in [0.1, 0.15) is 5.75 Å². The van der Waals surface area contributed by atoms with Gasteiger partial charge in [0.15, 0.2) is 11.9 Å². The van der Waals surface area contributed by atoms with Crippen LogP contribution in [0.15, 0.2) is 46.3 Å². The predicted molar refractivity (Wildman–Crippen MR) is 99.9 cm³/mol. The van der Waals surface area contributed by atoms with Crippen LogP contribution in [0.4, 0.5) is 5.69 Å². The van der Waals surface area contributed by atoms with Crippen molar-refractivity contribution in [1.29, 1.82) is 0 Å². The predicted octanol–water partition coefficient (Wildman–Crippen LogP) is 3.00. The molecule has 1 aromatic heterocycles. The van der Waals surface area contributed by atoms with E-state index in [1.54, 1.807) is 25.2 Å². The van der Waals surface area contributed by atoms with Gasteiger partial charge in [-0.25, -0.2) is 4.98 Å². The number of non-ortho nitro benzene ring substituents is 1. The molecule has 4 rings (SSSR count). The molecular weight excluding hydrogens is 370 g/mol. The number of ether oxygens (including phenoxy) is 2. The number of benzene rings is 2. The Balaban J connectivity index is 1.71. The molecule has 0 unspecified atom stereocenters.